The second kappa shape index (κ2) is 8.04. The molecule has 3 rings (SSSR count). The van der Waals surface area contributed by atoms with Crippen LogP contribution in [0.4, 0.5) is 0 Å². The number of hydrogen-bond acceptors (Lipinski definition) is 5. The van der Waals surface area contributed by atoms with E-state index in [0.29, 0.717) is 11.3 Å². The predicted molar refractivity (Wildman–Crippen MR) is 102 cm³/mol. The van der Waals surface area contributed by atoms with Crippen LogP contribution in [0.1, 0.15) is 46.1 Å². The molecule has 1 aromatic carbocycles. The Bertz CT molecular complexity index is 1080. The van der Waals surface area contributed by atoms with Crippen molar-refractivity contribution in [1.82, 2.24) is 4.90 Å². The molecule has 148 valence electrons. The molecule has 2 heterocycles. The van der Waals surface area contributed by atoms with Crippen molar-refractivity contribution >= 4 is 17.6 Å². The van der Waals surface area contributed by atoms with Crippen molar-refractivity contribution in [2.75, 3.05) is 6.54 Å². The smallest absolute Gasteiger partial charge is 0.289 e. The Morgan fingerprint density at radius 2 is 2.00 bits per heavy atom. The van der Waals surface area contributed by atoms with Crippen molar-refractivity contribution in [2.45, 2.75) is 26.3 Å². The summed E-state index contributed by atoms with van der Waals surface area (Å²) >= 11 is 0. The topological polar surface area (TPSA) is 137 Å². The molecule has 1 aliphatic rings. The molecule has 2 amide bonds. The van der Waals surface area contributed by atoms with Crippen LogP contribution < -0.4 is 0 Å². The van der Waals surface area contributed by atoms with Crippen molar-refractivity contribution in [2.24, 2.45) is 5.11 Å². The van der Waals surface area contributed by atoms with Gasteiger partial charge in [0.15, 0.2) is 11.5 Å². The summed E-state index contributed by atoms with van der Waals surface area (Å²) in [6.45, 7) is 3.60. The number of azide groups is 1. The Balaban J connectivity index is 1.82. The minimum Gasteiger partial charge on any atom is -0.503 e. The number of carbonyl (C=O) groups is 3. The largest absolute Gasteiger partial charge is 0.503 e. The van der Waals surface area contributed by atoms with Crippen LogP contribution in [-0.2, 0) is 11.2 Å². The number of aliphatic hydroxyl groups excluding tert-OH is 1. The van der Waals surface area contributed by atoms with E-state index in [4.69, 9.17) is 9.95 Å². The Kier molecular flexibility index (Phi) is 5.52. The number of nitrogens with zero attached hydrogens (tertiary/aromatic N) is 4. The SMILES string of the molecule is CC(C)N1CC(C(=O)c2ccc(Cc3ccccc3C(=O)N=[N+]=[N-])o2)=C(O)C1=O. The van der Waals surface area contributed by atoms with Crippen LogP contribution in [0, 0.1) is 0 Å². The lowest BCUT2D eigenvalue weighted by Crippen LogP contribution is -2.34. The third kappa shape index (κ3) is 3.90. The molecule has 1 aromatic heterocycles. The molecule has 9 heteroatoms. The fraction of sp³-hybridized carbons (Fsp3) is 0.250. The number of rotatable bonds is 6. The minimum absolute atomic E-state index is 0.0106. The molecule has 0 unspecified atom stereocenters. The first-order chi connectivity index (χ1) is 13.8. The van der Waals surface area contributed by atoms with E-state index in [1.54, 1.807) is 38.1 Å². The first-order valence-electron chi connectivity index (χ1n) is 8.87. The molecular formula is C20H18N4O5. The van der Waals surface area contributed by atoms with Crippen molar-refractivity contribution in [3.63, 3.8) is 0 Å². The molecule has 1 N–H and O–H groups in total. The van der Waals surface area contributed by atoms with E-state index >= 15 is 0 Å². The number of Topliss-reactive ketones (excluding diaryl/α,β-unsaturated/α-hetero) is 1. The zero-order valence-corrected chi connectivity index (χ0v) is 15.8. The van der Waals surface area contributed by atoms with Crippen molar-refractivity contribution in [3.8, 4) is 0 Å². The van der Waals surface area contributed by atoms with Gasteiger partial charge in [0.05, 0.1) is 12.1 Å². The quantitative estimate of drug-likeness (QED) is 0.346. The lowest BCUT2D eigenvalue weighted by atomic mass is 10.0. The zero-order chi connectivity index (χ0) is 21.1. The zero-order valence-electron chi connectivity index (χ0n) is 15.8. The van der Waals surface area contributed by atoms with E-state index in [1.165, 1.54) is 17.0 Å². The summed E-state index contributed by atoms with van der Waals surface area (Å²) in [5.74, 6) is -2.03. The number of aliphatic hydroxyl groups is 1. The second-order valence-electron chi connectivity index (χ2n) is 6.78. The fourth-order valence-corrected chi connectivity index (χ4v) is 3.09. The molecule has 2 aromatic rings. The minimum atomic E-state index is -0.709. The first-order valence-corrected chi connectivity index (χ1v) is 8.87. The van der Waals surface area contributed by atoms with Gasteiger partial charge in [0.25, 0.3) is 5.91 Å². The third-order valence-electron chi connectivity index (χ3n) is 4.61. The van der Waals surface area contributed by atoms with Crippen molar-refractivity contribution in [3.05, 3.63) is 80.8 Å². The Labute approximate surface area is 165 Å². The third-order valence-corrected chi connectivity index (χ3v) is 4.61. The first kappa shape index (κ1) is 19.9. The van der Waals surface area contributed by atoms with Crippen LogP contribution in [0.25, 0.3) is 10.4 Å². The van der Waals surface area contributed by atoms with E-state index in [-0.39, 0.29) is 35.9 Å². The van der Waals surface area contributed by atoms with Gasteiger partial charge in [-0.1, -0.05) is 24.3 Å². The number of carbonyl (C=O) groups excluding carboxylic acids is 3. The summed E-state index contributed by atoms with van der Waals surface area (Å²) in [7, 11) is 0. The molecule has 0 atom stereocenters. The van der Waals surface area contributed by atoms with Gasteiger partial charge in [-0.25, -0.2) is 0 Å². The molecule has 0 aliphatic carbocycles. The van der Waals surface area contributed by atoms with E-state index in [2.05, 4.69) is 10.0 Å². The number of furan rings is 1. The van der Waals surface area contributed by atoms with E-state index in [1.807, 2.05) is 0 Å². The average Bonchev–Trinajstić information content (AvgIpc) is 3.27. The van der Waals surface area contributed by atoms with E-state index < -0.39 is 23.4 Å². The van der Waals surface area contributed by atoms with Gasteiger partial charge < -0.3 is 14.4 Å². The Hall–Kier alpha value is -3.84. The maximum Gasteiger partial charge on any atom is 0.289 e. The van der Waals surface area contributed by atoms with Gasteiger partial charge in [0.2, 0.25) is 11.7 Å². The summed E-state index contributed by atoms with van der Waals surface area (Å²) in [4.78, 5) is 40.6. The van der Waals surface area contributed by atoms with Gasteiger partial charge in [-0.2, -0.15) is 0 Å². The molecule has 0 saturated carbocycles. The average molecular weight is 394 g/mol. The summed E-state index contributed by atoms with van der Waals surface area (Å²) in [5.41, 5.74) is 9.27. The molecule has 0 spiro atoms. The highest BCUT2D eigenvalue weighted by molar-refractivity contribution is 6.14. The molecule has 29 heavy (non-hydrogen) atoms. The fourth-order valence-electron chi connectivity index (χ4n) is 3.09. The number of amides is 2. The normalized spacial score (nSPS) is 13.8. The van der Waals surface area contributed by atoms with Gasteiger partial charge in [0.1, 0.15) is 5.76 Å². The highest BCUT2D eigenvalue weighted by Crippen LogP contribution is 2.25. The van der Waals surface area contributed by atoms with Crippen LogP contribution >= 0.6 is 0 Å². The molecule has 0 fully saturated rings. The van der Waals surface area contributed by atoms with Crippen LogP contribution in [0.15, 0.2) is 57.3 Å². The van der Waals surface area contributed by atoms with Crippen LogP contribution in [-0.4, -0.2) is 40.2 Å². The van der Waals surface area contributed by atoms with Gasteiger partial charge in [-0.05, 0) is 42.2 Å². The number of hydrogen-bond donors (Lipinski definition) is 1. The van der Waals surface area contributed by atoms with Crippen molar-refractivity contribution < 1.29 is 23.9 Å². The lowest BCUT2D eigenvalue weighted by Gasteiger charge is -2.20. The maximum atomic E-state index is 12.7. The van der Waals surface area contributed by atoms with Crippen LogP contribution in [0.2, 0.25) is 0 Å². The van der Waals surface area contributed by atoms with Gasteiger partial charge >= 0.3 is 0 Å². The van der Waals surface area contributed by atoms with Crippen LogP contribution in [0.3, 0.4) is 0 Å². The second-order valence-corrected chi connectivity index (χ2v) is 6.78. The molecule has 0 saturated heterocycles. The van der Waals surface area contributed by atoms with E-state index in [0.717, 1.165) is 0 Å². The number of ketones is 1. The molecule has 0 bridgehead atoms. The number of benzene rings is 1. The molecule has 1 aliphatic heterocycles. The van der Waals surface area contributed by atoms with Crippen LogP contribution in [0.5, 0.6) is 0 Å². The summed E-state index contributed by atoms with van der Waals surface area (Å²) < 4.78 is 5.60. The Morgan fingerprint density at radius 1 is 1.28 bits per heavy atom. The van der Waals surface area contributed by atoms with Gasteiger partial charge in [-0.3, -0.25) is 14.4 Å². The molecular weight excluding hydrogens is 376 g/mol. The van der Waals surface area contributed by atoms with Crippen molar-refractivity contribution in [1.29, 1.82) is 0 Å². The highest BCUT2D eigenvalue weighted by atomic mass is 16.3. The monoisotopic (exact) mass is 394 g/mol. The summed E-state index contributed by atoms with van der Waals surface area (Å²) in [6.07, 6.45) is 0.193. The Morgan fingerprint density at radius 3 is 2.66 bits per heavy atom. The standard InChI is InChI=1S/C20H18N4O5/c1-11(2)24-10-15(18(26)20(24)28)17(25)16-8-7-13(29-16)9-12-5-3-4-6-14(12)19(27)22-23-21/h3-8,11,26H,9-10H2,1-2H3. The van der Waals surface area contributed by atoms with Gasteiger partial charge in [0, 0.05) is 22.9 Å². The molecule has 9 nitrogen and oxygen atoms in total. The predicted octanol–water partition coefficient (Wildman–Crippen LogP) is 3.57. The summed E-state index contributed by atoms with van der Waals surface area (Å²) in [5, 5.41) is 13.2. The summed E-state index contributed by atoms with van der Waals surface area (Å²) in [6, 6.07) is 9.48. The lowest BCUT2D eigenvalue weighted by molar-refractivity contribution is -0.129. The highest BCUT2D eigenvalue weighted by Gasteiger charge is 2.36. The van der Waals surface area contributed by atoms with E-state index in [9.17, 15) is 19.5 Å². The maximum absolute atomic E-state index is 12.7. The van der Waals surface area contributed by atoms with Gasteiger partial charge in [-0.15, -0.1) is 0 Å². The molecule has 0 radical (unpaired) electrons.